The Kier molecular flexibility index (Phi) is 5.68. The maximum absolute atomic E-state index is 6.40. The van der Waals surface area contributed by atoms with Gasteiger partial charge in [0.25, 0.3) is 0 Å². The van der Waals surface area contributed by atoms with Crippen molar-refractivity contribution in [2.75, 3.05) is 18.0 Å². The molecule has 3 aromatic heterocycles. The van der Waals surface area contributed by atoms with Crippen molar-refractivity contribution < 1.29 is 4.42 Å². The van der Waals surface area contributed by atoms with Crippen molar-refractivity contribution in [1.29, 1.82) is 0 Å². The summed E-state index contributed by atoms with van der Waals surface area (Å²) in [6.07, 6.45) is 4.15. The summed E-state index contributed by atoms with van der Waals surface area (Å²) < 4.78 is 9.45. The van der Waals surface area contributed by atoms with Gasteiger partial charge in [-0.15, -0.1) is 10.2 Å². The van der Waals surface area contributed by atoms with Gasteiger partial charge in [-0.3, -0.25) is 9.25 Å². The zero-order valence-electron chi connectivity index (χ0n) is 16.4. The number of anilines is 1. The van der Waals surface area contributed by atoms with E-state index >= 15 is 0 Å². The highest BCUT2D eigenvalue weighted by molar-refractivity contribution is 7.98. The molecular weight excluding hydrogens is 396 g/mol. The van der Waals surface area contributed by atoms with E-state index in [0.29, 0.717) is 23.4 Å². The van der Waals surface area contributed by atoms with Gasteiger partial charge in [0.1, 0.15) is 10.9 Å². The third-order valence-electron chi connectivity index (χ3n) is 5.15. The Morgan fingerprint density at radius 3 is 2.89 bits per heavy atom. The molecule has 7 nitrogen and oxygen atoms in total. The quantitative estimate of drug-likeness (QED) is 0.558. The number of hydrogen-bond donors (Lipinski definition) is 0. The zero-order chi connectivity index (χ0) is 19.7. The van der Waals surface area contributed by atoms with E-state index in [9.17, 15) is 0 Å². The molecule has 1 aliphatic heterocycles. The summed E-state index contributed by atoms with van der Waals surface area (Å²) in [5.74, 6) is 3.17. The van der Waals surface area contributed by atoms with Crippen molar-refractivity contribution >= 4 is 29.3 Å². The van der Waals surface area contributed by atoms with Crippen molar-refractivity contribution in [1.82, 2.24) is 24.5 Å². The third kappa shape index (κ3) is 3.93. The van der Waals surface area contributed by atoms with Crippen LogP contribution in [0.3, 0.4) is 0 Å². The minimum absolute atomic E-state index is 0.613. The van der Waals surface area contributed by atoms with E-state index < -0.39 is 0 Å². The molecule has 1 saturated heterocycles. The number of halogens is 1. The molecule has 3 aromatic rings. The lowest BCUT2D eigenvalue weighted by molar-refractivity contribution is 0.432. The second-order valence-corrected chi connectivity index (χ2v) is 8.71. The predicted octanol–water partition coefficient (Wildman–Crippen LogP) is 4.14. The van der Waals surface area contributed by atoms with Gasteiger partial charge >= 0.3 is 0 Å². The third-order valence-corrected chi connectivity index (χ3v) is 6.61. The molecule has 9 heteroatoms. The largest absolute Gasteiger partial charge is 0.467 e. The van der Waals surface area contributed by atoms with E-state index in [2.05, 4.69) is 31.7 Å². The van der Waals surface area contributed by atoms with Crippen LogP contribution in [0.2, 0.25) is 5.15 Å². The average molecular weight is 421 g/mol. The number of piperidine rings is 1. The molecule has 4 rings (SSSR count). The lowest BCUT2D eigenvalue weighted by Gasteiger charge is -2.31. The number of aromatic nitrogens is 5. The summed E-state index contributed by atoms with van der Waals surface area (Å²) in [4.78, 5) is 2.34. The van der Waals surface area contributed by atoms with E-state index in [4.69, 9.17) is 16.0 Å². The molecular formula is C19H25ClN6OS. The summed E-state index contributed by atoms with van der Waals surface area (Å²) in [5.41, 5.74) is 1.98. The van der Waals surface area contributed by atoms with Crippen LogP contribution in [0.15, 0.2) is 28.0 Å². The minimum Gasteiger partial charge on any atom is -0.467 e. The first-order valence-corrected chi connectivity index (χ1v) is 10.9. The Morgan fingerprint density at radius 2 is 2.21 bits per heavy atom. The molecule has 0 aliphatic carbocycles. The summed E-state index contributed by atoms with van der Waals surface area (Å²) in [6, 6.07) is 3.90. The van der Waals surface area contributed by atoms with Gasteiger partial charge in [0.15, 0.2) is 5.16 Å². The standard InChI is InChI=1S/C19H25ClN6OS/c1-13-6-4-8-25(10-13)18-21-22-19(26(18)11-15-7-5-9-27-15)28-12-16-14(2)23-24(3)17(16)20/h5,7,9,13H,4,6,8,10-12H2,1-3H3. The molecule has 1 atom stereocenters. The normalized spacial score (nSPS) is 17.4. The average Bonchev–Trinajstić information content (AvgIpc) is 3.37. The summed E-state index contributed by atoms with van der Waals surface area (Å²) in [6.45, 7) is 6.91. The highest BCUT2D eigenvalue weighted by atomic mass is 35.5. The van der Waals surface area contributed by atoms with Gasteiger partial charge < -0.3 is 9.32 Å². The molecule has 1 fully saturated rings. The van der Waals surface area contributed by atoms with Crippen LogP contribution in [-0.4, -0.2) is 37.6 Å². The highest BCUT2D eigenvalue weighted by Crippen LogP contribution is 2.31. The van der Waals surface area contributed by atoms with Crippen LogP contribution < -0.4 is 4.90 Å². The number of nitrogens with zero attached hydrogens (tertiary/aromatic N) is 6. The minimum atomic E-state index is 0.613. The van der Waals surface area contributed by atoms with Crippen molar-refractivity contribution in [3.05, 3.63) is 40.6 Å². The number of furan rings is 1. The summed E-state index contributed by atoms with van der Waals surface area (Å²) in [7, 11) is 1.86. The Balaban J connectivity index is 1.60. The molecule has 0 N–H and O–H groups in total. The maximum Gasteiger partial charge on any atom is 0.228 e. The Bertz CT molecular complexity index is 935. The second-order valence-electron chi connectivity index (χ2n) is 7.41. The molecule has 1 unspecified atom stereocenters. The number of thioether (sulfide) groups is 1. The molecule has 4 heterocycles. The van der Waals surface area contributed by atoms with E-state index in [0.717, 1.165) is 41.2 Å². The van der Waals surface area contributed by atoms with Crippen molar-refractivity contribution in [3.63, 3.8) is 0 Å². The number of hydrogen-bond acceptors (Lipinski definition) is 6. The Labute approximate surface area is 174 Å². The van der Waals surface area contributed by atoms with E-state index in [-0.39, 0.29) is 0 Å². The van der Waals surface area contributed by atoms with E-state index in [1.165, 1.54) is 12.8 Å². The first kappa shape index (κ1) is 19.4. The summed E-state index contributed by atoms with van der Waals surface area (Å²) >= 11 is 8.03. The topological polar surface area (TPSA) is 64.9 Å². The molecule has 1 aliphatic rings. The van der Waals surface area contributed by atoms with Gasteiger partial charge in [0, 0.05) is 31.5 Å². The van der Waals surface area contributed by atoms with Crippen molar-refractivity contribution in [3.8, 4) is 0 Å². The molecule has 28 heavy (non-hydrogen) atoms. The van der Waals surface area contributed by atoms with Crippen LogP contribution in [0.5, 0.6) is 0 Å². The fourth-order valence-corrected chi connectivity index (χ4v) is 5.00. The highest BCUT2D eigenvalue weighted by Gasteiger charge is 2.24. The van der Waals surface area contributed by atoms with Crippen LogP contribution in [-0.2, 0) is 19.3 Å². The summed E-state index contributed by atoms with van der Waals surface area (Å²) in [5, 5.41) is 15.0. The van der Waals surface area contributed by atoms with Crippen LogP contribution in [0.1, 0.15) is 36.8 Å². The Hall–Kier alpha value is -1.93. The van der Waals surface area contributed by atoms with E-state index in [1.54, 1.807) is 22.7 Å². The molecule has 0 aromatic carbocycles. The van der Waals surface area contributed by atoms with Crippen LogP contribution in [0.4, 0.5) is 5.95 Å². The lowest BCUT2D eigenvalue weighted by atomic mass is 10.0. The second kappa shape index (κ2) is 8.21. The first-order valence-electron chi connectivity index (χ1n) is 9.54. The van der Waals surface area contributed by atoms with Gasteiger partial charge in [-0.05, 0) is 37.8 Å². The van der Waals surface area contributed by atoms with Crippen LogP contribution in [0, 0.1) is 12.8 Å². The van der Waals surface area contributed by atoms with Crippen molar-refractivity contribution in [2.24, 2.45) is 13.0 Å². The predicted molar refractivity (Wildman–Crippen MR) is 111 cm³/mol. The SMILES string of the molecule is Cc1nn(C)c(Cl)c1CSc1nnc(N2CCCC(C)C2)n1Cc1ccco1. The number of aryl methyl sites for hydroxylation is 2. The fourth-order valence-electron chi connectivity index (χ4n) is 3.66. The van der Waals surface area contributed by atoms with Crippen LogP contribution in [0.25, 0.3) is 0 Å². The molecule has 0 spiro atoms. The first-order chi connectivity index (χ1) is 13.5. The van der Waals surface area contributed by atoms with Gasteiger partial charge in [0.05, 0.1) is 18.5 Å². The Morgan fingerprint density at radius 1 is 1.36 bits per heavy atom. The number of rotatable bonds is 6. The molecule has 0 radical (unpaired) electrons. The maximum atomic E-state index is 6.40. The van der Waals surface area contributed by atoms with Gasteiger partial charge in [-0.25, -0.2) is 0 Å². The zero-order valence-corrected chi connectivity index (χ0v) is 18.0. The van der Waals surface area contributed by atoms with Gasteiger partial charge in [-0.1, -0.05) is 30.3 Å². The fraction of sp³-hybridized carbons (Fsp3) is 0.526. The van der Waals surface area contributed by atoms with E-state index in [1.807, 2.05) is 26.1 Å². The smallest absolute Gasteiger partial charge is 0.228 e. The molecule has 0 bridgehead atoms. The van der Waals surface area contributed by atoms with Gasteiger partial charge in [-0.2, -0.15) is 5.10 Å². The monoisotopic (exact) mass is 420 g/mol. The lowest BCUT2D eigenvalue weighted by Crippen LogP contribution is -2.36. The molecule has 150 valence electrons. The molecule has 0 saturated carbocycles. The molecule has 0 amide bonds. The van der Waals surface area contributed by atoms with Crippen LogP contribution >= 0.6 is 23.4 Å². The van der Waals surface area contributed by atoms with Gasteiger partial charge in [0.2, 0.25) is 5.95 Å². The van der Waals surface area contributed by atoms with Crippen molar-refractivity contribution in [2.45, 2.75) is 44.1 Å².